The average Bonchev–Trinajstić information content (AvgIpc) is 3.27. The van der Waals surface area contributed by atoms with Gasteiger partial charge in [0.2, 0.25) is 5.13 Å². The standard InChI is InChI=1S/C15H17N3O3S/c1-9(21-12-5-3-4-11(8-12)20-2)13(19)16-15-18-17-14(22-15)10-6-7-10/h3-5,8-10H,6-7H2,1-2H3,(H,16,18,19). The van der Waals surface area contributed by atoms with Crippen molar-refractivity contribution in [2.45, 2.75) is 31.8 Å². The third kappa shape index (κ3) is 3.54. The molecular weight excluding hydrogens is 302 g/mol. The molecule has 1 fully saturated rings. The molecule has 1 heterocycles. The van der Waals surface area contributed by atoms with Crippen LogP contribution in [0.3, 0.4) is 0 Å². The van der Waals surface area contributed by atoms with E-state index in [1.165, 1.54) is 11.3 Å². The van der Waals surface area contributed by atoms with E-state index in [0.29, 0.717) is 22.5 Å². The molecule has 1 aliphatic rings. The van der Waals surface area contributed by atoms with Crippen LogP contribution in [0, 0.1) is 0 Å². The number of nitrogens with one attached hydrogen (secondary N) is 1. The maximum Gasteiger partial charge on any atom is 0.266 e. The molecule has 0 aliphatic heterocycles. The number of rotatable bonds is 6. The second kappa shape index (κ2) is 6.31. The van der Waals surface area contributed by atoms with Gasteiger partial charge in [-0.1, -0.05) is 17.4 Å². The van der Waals surface area contributed by atoms with Gasteiger partial charge in [-0.25, -0.2) is 0 Å². The molecule has 1 N–H and O–H groups in total. The van der Waals surface area contributed by atoms with Gasteiger partial charge in [-0.15, -0.1) is 10.2 Å². The molecule has 3 rings (SSSR count). The maximum atomic E-state index is 12.1. The van der Waals surface area contributed by atoms with E-state index in [1.54, 1.807) is 26.2 Å². The van der Waals surface area contributed by atoms with E-state index in [0.717, 1.165) is 17.8 Å². The van der Waals surface area contributed by atoms with Crippen LogP contribution in [-0.4, -0.2) is 29.3 Å². The molecule has 1 saturated carbocycles. The number of amides is 1. The van der Waals surface area contributed by atoms with E-state index < -0.39 is 6.10 Å². The molecule has 0 bridgehead atoms. The number of ether oxygens (including phenoxy) is 2. The lowest BCUT2D eigenvalue weighted by Crippen LogP contribution is -2.30. The zero-order valence-corrected chi connectivity index (χ0v) is 13.2. The van der Waals surface area contributed by atoms with E-state index in [-0.39, 0.29) is 5.91 Å². The molecule has 2 aromatic rings. The van der Waals surface area contributed by atoms with Crippen LogP contribution in [0.1, 0.15) is 30.7 Å². The molecule has 1 unspecified atom stereocenters. The summed E-state index contributed by atoms with van der Waals surface area (Å²) >= 11 is 1.43. The topological polar surface area (TPSA) is 73.3 Å². The third-order valence-electron chi connectivity index (χ3n) is 3.32. The van der Waals surface area contributed by atoms with Crippen molar-refractivity contribution in [2.24, 2.45) is 0 Å². The SMILES string of the molecule is COc1cccc(OC(C)C(=O)Nc2nnc(C3CC3)s2)c1. The first-order valence-electron chi connectivity index (χ1n) is 7.10. The van der Waals surface area contributed by atoms with Gasteiger partial charge < -0.3 is 9.47 Å². The lowest BCUT2D eigenvalue weighted by molar-refractivity contribution is -0.122. The second-order valence-corrected chi connectivity index (χ2v) is 6.16. The molecule has 1 aliphatic carbocycles. The van der Waals surface area contributed by atoms with Crippen molar-refractivity contribution in [3.8, 4) is 11.5 Å². The Balaban J connectivity index is 1.58. The van der Waals surface area contributed by atoms with E-state index in [9.17, 15) is 4.79 Å². The fourth-order valence-corrected chi connectivity index (χ4v) is 2.83. The summed E-state index contributed by atoms with van der Waals surface area (Å²) < 4.78 is 10.7. The van der Waals surface area contributed by atoms with Gasteiger partial charge in [0, 0.05) is 12.0 Å². The van der Waals surface area contributed by atoms with Gasteiger partial charge in [-0.05, 0) is 31.9 Å². The molecule has 7 heteroatoms. The van der Waals surface area contributed by atoms with Gasteiger partial charge in [0.1, 0.15) is 16.5 Å². The number of carbonyl (C=O) groups excluding carboxylic acids is 1. The van der Waals surface area contributed by atoms with Crippen LogP contribution in [0.15, 0.2) is 24.3 Å². The van der Waals surface area contributed by atoms with E-state index in [4.69, 9.17) is 9.47 Å². The minimum atomic E-state index is -0.639. The number of anilines is 1. The number of carbonyl (C=O) groups is 1. The van der Waals surface area contributed by atoms with E-state index >= 15 is 0 Å². The fourth-order valence-electron chi connectivity index (χ4n) is 1.92. The minimum Gasteiger partial charge on any atom is -0.497 e. The number of hydrogen-bond donors (Lipinski definition) is 1. The largest absolute Gasteiger partial charge is 0.497 e. The van der Waals surface area contributed by atoms with Crippen molar-refractivity contribution in [3.05, 3.63) is 29.3 Å². The lowest BCUT2D eigenvalue weighted by Gasteiger charge is -2.14. The summed E-state index contributed by atoms with van der Waals surface area (Å²) in [4.78, 5) is 12.1. The number of aromatic nitrogens is 2. The Morgan fingerprint density at radius 3 is 2.86 bits per heavy atom. The van der Waals surface area contributed by atoms with Crippen LogP contribution >= 0.6 is 11.3 Å². The Morgan fingerprint density at radius 1 is 1.36 bits per heavy atom. The fraction of sp³-hybridized carbons (Fsp3) is 0.400. The predicted molar refractivity (Wildman–Crippen MR) is 83.6 cm³/mol. The molecule has 22 heavy (non-hydrogen) atoms. The van der Waals surface area contributed by atoms with Crippen LogP contribution in [0.4, 0.5) is 5.13 Å². The van der Waals surface area contributed by atoms with Gasteiger partial charge in [-0.2, -0.15) is 0 Å². The zero-order chi connectivity index (χ0) is 15.5. The van der Waals surface area contributed by atoms with Crippen molar-refractivity contribution in [2.75, 3.05) is 12.4 Å². The smallest absolute Gasteiger partial charge is 0.266 e. The highest BCUT2D eigenvalue weighted by molar-refractivity contribution is 7.15. The first kappa shape index (κ1) is 14.8. The summed E-state index contributed by atoms with van der Waals surface area (Å²) in [6.45, 7) is 1.69. The van der Waals surface area contributed by atoms with Gasteiger partial charge in [0.15, 0.2) is 6.10 Å². The Labute approximate surface area is 132 Å². The summed E-state index contributed by atoms with van der Waals surface area (Å²) in [6, 6.07) is 7.14. The summed E-state index contributed by atoms with van der Waals surface area (Å²) in [5, 5.41) is 12.4. The molecule has 6 nitrogen and oxygen atoms in total. The minimum absolute atomic E-state index is 0.249. The molecule has 116 valence electrons. The van der Waals surface area contributed by atoms with E-state index in [2.05, 4.69) is 15.5 Å². The highest BCUT2D eigenvalue weighted by Crippen LogP contribution is 2.42. The molecule has 1 aromatic carbocycles. The van der Waals surface area contributed by atoms with Crippen molar-refractivity contribution in [3.63, 3.8) is 0 Å². The summed E-state index contributed by atoms with van der Waals surface area (Å²) in [6.07, 6.45) is 1.69. The number of nitrogens with zero attached hydrogens (tertiary/aromatic N) is 2. The van der Waals surface area contributed by atoms with E-state index in [1.807, 2.05) is 12.1 Å². The molecular formula is C15H17N3O3S. The number of benzene rings is 1. The lowest BCUT2D eigenvalue weighted by atomic mass is 10.3. The van der Waals surface area contributed by atoms with Crippen molar-refractivity contribution >= 4 is 22.4 Å². The second-order valence-electron chi connectivity index (χ2n) is 5.15. The van der Waals surface area contributed by atoms with Crippen LogP contribution in [0.25, 0.3) is 0 Å². The maximum absolute atomic E-state index is 12.1. The molecule has 1 atom stereocenters. The van der Waals surface area contributed by atoms with Crippen molar-refractivity contribution < 1.29 is 14.3 Å². The molecule has 1 amide bonds. The van der Waals surface area contributed by atoms with Crippen LogP contribution in [0.5, 0.6) is 11.5 Å². The van der Waals surface area contributed by atoms with Crippen molar-refractivity contribution in [1.29, 1.82) is 0 Å². The monoisotopic (exact) mass is 319 g/mol. The molecule has 1 aromatic heterocycles. The first-order valence-corrected chi connectivity index (χ1v) is 7.92. The highest BCUT2D eigenvalue weighted by Gasteiger charge is 2.28. The normalized spacial score (nSPS) is 15.2. The van der Waals surface area contributed by atoms with Crippen LogP contribution < -0.4 is 14.8 Å². The summed E-state index contributed by atoms with van der Waals surface area (Å²) in [5.41, 5.74) is 0. The third-order valence-corrected chi connectivity index (χ3v) is 4.32. The van der Waals surface area contributed by atoms with Gasteiger partial charge in [-0.3, -0.25) is 10.1 Å². The highest BCUT2D eigenvalue weighted by atomic mass is 32.1. The van der Waals surface area contributed by atoms with Crippen molar-refractivity contribution in [1.82, 2.24) is 10.2 Å². The van der Waals surface area contributed by atoms with Gasteiger partial charge in [0.25, 0.3) is 5.91 Å². The van der Waals surface area contributed by atoms with Gasteiger partial charge in [0.05, 0.1) is 7.11 Å². The summed E-state index contributed by atoms with van der Waals surface area (Å²) in [5.74, 6) is 1.55. The van der Waals surface area contributed by atoms with Crippen LogP contribution in [-0.2, 0) is 4.79 Å². The quantitative estimate of drug-likeness (QED) is 0.886. The average molecular weight is 319 g/mol. The van der Waals surface area contributed by atoms with Gasteiger partial charge >= 0.3 is 0 Å². The Bertz CT molecular complexity index is 670. The predicted octanol–water partition coefficient (Wildman–Crippen LogP) is 2.83. The number of hydrogen-bond acceptors (Lipinski definition) is 6. The Kier molecular flexibility index (Phi) is 4.24. The molecule has 0 spiro atoms. The Hall–Kier alpha value is -2.15. The Morgan fingerprint density at radius 2 is 2.14 bits per heavy atom. The number of methoxy groups -OCH3 is 1. The summed E-state index contributed by atoms with van der Waals surface area (Å²) in [7, 11) is 1.59. The first-order chi connectivity index (χ1) is 10.7. The molecule has 0 radical (unpaired) electrons. The zero-order valence-electron chi connectivity index (χ0n) is 12.4. The molecule has 0 saturated heterocycles. The van der Waals surface area contributed by atoms with Crippen LogP contribution in [0.2, 0.25) is 0 Å².